The van der Waals surface area contributed by atoms with Crippen LogP contribution in [0.3, 0.4) is 0 Å². The Labute approximate surface area is 196 Å². The fraction of sp³-hybridized carbons (Fsp3) is 0.444. The average molecular weight is 450 g/mol. The van der Waals surface area contributed by atoms with Crippen LogP contribution in [-0.4, -0.2) is 42.3 Å². The van der Waals surface area contributed by atoms with Crippen LogP contribution in [-0.2, 0) is 16.0 Å². The van der Waals surface area contributed by atoms with Gasteiger partial charge in [-0.1, -0.05) is 51.1 Å². The van der Waals surface area contributed by atoms with Gasteiger partial charge in [0.1, 0.15) is 0 Å². The maximum absolute atomic E-state index is 12.9. The van der Waals surface area contributed by atoms with Crippen molar-refractivity contribution < 1.29 is 14.4 Å². The Morgan fingerprint density at radius 1 is 0.939 bits per heavy atom. The number of piperidine rings is 1. The lowest BCUT2D eigenvalue weighted by atomic mass is 9.95. The van der Waals surface area contributed by atoms with Crippen LogP contribution in [0.25, 0.3) is 0 Å². The maximum Gasteiger partial charge on any atom is 0.253 e. The average Bonchev–Trinajstić information content (AvgIpc) is 2.82. The van der Waals surface area contributed by atoms with Crippen molar-refractivity contribution in [3.63, 3.8) is 0 Å². The van der Waals surface area contributed by atoms with Crippen molar-refractivity contribution in [2.75, 3.05) is 25.0 Å². The molecule has 3 amide bonds. The molecule has 1 aliphatic rings. The van der Waals surface area contributed by atoms with Gasteiger partial charge in [0.05, 0.1) is 0 Å². The largest absolute Gasteiger partial charge is 0.356 e. The van der Waals surface area contributed by atoms with E-state index in [9.17, 15) is 14.4 Å². The predicted octanol–water partition coefficient (Wildman–Crippen LogP) is 4.27. The van der Waals surface area contributed by atoms with E-state index in [2.05, 4.69) is 22.8 Å². The van der Waals surface area contributed by atoms with Crippen LogP contribution < -0.4 is 10.6 Å². The molecule has 1 saturated heterocycles. The maximum atomic E-state index is 12.9. The summed E-state index contributed by atoms with van der Waals surface area (Å²) in [6.07, 6.45) is 3.22. The van der Waals surface area contributed by atoms with Crippen molar-refractivity contribution in [3.05, 3.63) is 65.7 Å². The molecular formula is C27H35N3O3. The number of likely N-dealkylation sites (tertiary alicyclic amines) is 1. The van der Waals surface area contributed by atoms with Gasteiger partial charge in [0.2, 0.25) is 11.8 Å². The minimum atomic E-state index is -0.479. The van der Waals surface area contributed by atoms with Crippen molar-refractivity contribution in [1.29, 1.82) is 0 Å². The number of rotatable bonds is 7. The molecule has 0 aromatic heterocycles. The molecule has 0 atom stereocenters. The number of aryl methyl sites for hydroxylation is 1. The highest BCUT2D eigenvalue weighted by atomic mass is 16.2. The van der Waals surface area contributed by atoms with Crippen molar-refractivity contribution >= 4 is 23.4 Å². The Balaban J connectivity index is 1.41. The number of anilines is 1. The summed E-state index contributed by atoms with van der Waals surface area (Å²) in [6.45, 7) is 7.39. The highest BCUT2D eigenvalue weighted by Crippen LogP contribution is 2.21. The Morgan fingerprint density at radius 2 is 1.58 bits per heavy atom. The Hall–Kier alpha value is -3.15. The molecule has 0 aliphatic carbocycles. The fourth-order valence-corrected chi connectivity index (χ4v) is 3.84. The van der Waals surface area contributed by atoms with Crippen molar-refractivity contribution in [3.8, 4) is 0 Å². The zero-order valence-corrected chi connectivity index (χ0v) is 19.9. The monoisotopic (exact) mass is 449 g/mol. The number of carbonyl (C=O) groups excluding carboxylic acids is 3. The summed E-state index contributed by atoms with van der Waals surface area (Å²) in [5.41, 5.74) is 2.07. The topological polar surface area (TPSA) is 78.5 Å². The van der Waals surface area contributed by atoms with Gasteiger partial charge in [-0.25, -0.2) is 0 Å². The van der Waals surface area contributed by atoms with Gasteiger partial charge in [-0.15, -0.1) is 0 Å². The second kappa shape index (κ2) is 11.1. The summed E-state index contributed by atoms with van der Waals surface area (Å²) < 4.78 is 0. The van der Waals surface area contributed by atoms with Crippen LogP contribution in [0.1, 0.15) is 56.0 Å². The number of hydrogen-bond donors (Lipinski definition) is 2. The molecule has 3 rings (SSSR count). The molecule has 33 heavy (non-hydrogen) atoms. The van der Waals surface area contributed by atoms with Gasteiger partial charge in [-0.2, -0.15) is 0 Å². The molecule has 0 bridgehead atoms. The summed E-state index contributed by atoms with van der Waals surface area (Å²) in [5.74, 6) is -0.0535. The van der Waals surface area contributed by atoms with Gasteiger partial charge >= 0.3 is 0 Å². The third-order valence-electron chi connectivity index (χ3n) is 6.01. The smallest absolute Gasteiger partial charge is 0.253 e. The van der Waals surface area contributed by atoms with Crippen LogP contribution in [0.2, 0.25) is 0 Å². The van der Waals surface area contributed by atoms with E-state index in [4.69, 9.17) is 0 Å². The normalized spacial score (nSPS) is 14.6. The number of carbonyl (C=O) groups is 3. The summed E-state index contributed by atoms with van der Waals surface area (Å²) in [5, 5.41) is 5.92. The molecule has 1 aliphatic heterocycles. The van der Waals surface area contributed by atoms with E-state index in [1.165, 1.54) is 5.56 Å². The van der Waals surface area contributed by atoms with E-state index in [0.29, 0.717) is 43.7 Å². The second-order valence-electron chi connectivity index (χ2n) is 9.73. The van der Waals surface area contributed by atoms with Crippen LogP contribution in [0.15, 0.2) is 54.6 Å². The molecule has 6 nitrogen and oxygen atoms in total. The van der Waals surface area contributed by atoms with Gasteiger partial charge in [-0.05, 0) is 55.5 Å². The molecular weight excluding hydrogens is 414 g/mol. The first-order valence-corrected chi connectivity index (χ1v) is 11.8. The van der Waals surface area contributed by atoms with Crippen molar-refractivity contribution in [2.45, 2.75) is 46.5 Å². The van der Waals surface area contributed by atoms with Crippen LogP contribution >= 0.6 is 0 Å². The van der Waals surface area contributed by atoms with Gasteiger partial charge in [0.15, 0.2) is 0 Å². The quantitative estimate of drug-likeness (QED) is 0.620. The third-order valence-corrected chi connectivity index (χ3v) is 6.01. The lowest BCUT2D eigenvalue weighted by Gasteiger charge is -2.31. The molecule has 2 aromatic carbocycles. The van der Waals surface area contributed by atoms with Gasteiger partial charge in [0, 0.05) is 42.2 Å². The summed E-state index contributed by atoms with van der Waals surface area (Å²) in [7, 11) is 0. The summed E-state index contributed by atoms with van der Waals surface area (Å²) >= 11 is 0. The SMILES string of the molecule is CC(C)(C)C(=O)Nc1ccc(C(=O)N2CCC(C(=O)NCCCc3ccccc3)CC2)cc1. The zero-order chi connectivity index (χ0) is 23.8. The van der Waals surface area contributed by atoms with Gasteiger partial charge < -0.3 is 15.5 Å². The van der Waals surface area contributed by atoms with E-state index < -0.39 is 5.41 Å². The van der Waals surface area contributed by atoms with Crippen LogP contribution in [0, 0.1) is 11.3 Å². The zero-order valence-electron chi connectivity index (χ0n) is 19.9. The van der Waals surface area contributed by atoms with Gasteiger partial charge in [-0.3, -0.25) is 14.4 Å². The molecule has 6 heteroatoms. The minimum absolute atomic E-state index is 0.0367. The molecule has 1 heterocycles. The van der Waals surface area contributed by atoms with E-state index in [1.54, 1.807) is 24.3 Å². The number of amides is 3. The second-order valence-corrected chi connectivity index (χ2v) is 9.73. The Kier molecular flexibility index (Phi) is 8.26. The molecule has 0 spiro atoms. The molecule has 0 saturated carbocycles. The minimum Gasteiger partial charge on any atom is -0.356 e. The lowest BCUT2D eigenvalue weighted by molar-refractivity contribution is -0.126. The van der Waals surface area contributed by atoms with E-state index >= 15 is 0 Å². The van der Waals surface area contributed by atoms with E-state index in [-0.39, 0.29) is 23.6 Å². The molecule has 0 radical (unpaired) electrons. The fourth-order valence-electron chi connectivity index (χ4n) is 3.84. The number of nitrogens with one attached hydrogen (secondary N) is 2. The molecule has 2 aromatic rings. The van der Waals surface area contributed by atoms with Crippen molar-refractivity contribution in [2.24, 2.45) is 11.3 Å². The van der Waals surface area contributed by atoms with E-state index in [0.717, 1.165) is 12.8 Å². The first-order chi connectivity index (χ1) is 15.7. The lowest BCUT2D eigenvalue weighted by Crippen LogP contribution is -2.43. The Bertz CT molecular complexity index is 941. The number of nitrogens with zero attached hydrogens (tertiary/aromatic N) is 1. The number of hydrogen-bond acceptors (Lipinski definition) is 3. The number of benzene rings is 2. The Morgan fingerprint density at radius 3 is 2.18 bits per heavy atom. The molecule has 0 unspecified atom stereocenters. The van der Waals surface area contributed by atoms with E-state index in [1.807, 2.05) is 43.9 Å². The molecule has 1 fully saturated rings. The molecule has 2 N–H and O–H groups in total. The molecule has 176 valence electrons. The third kappa shape index (κ3) is 7.17. The highest BCUT2D eigenvalue weighted by molar-refractivity contribution is 5.97. The van der Waals surface area contributed by atoms with Crippen LogP contribution in [0.5, 0.6) is 0 Å². The standard InChI is InChI=1S/C27H35N3O3/c1-27(2,3)26(33)29-23-13-11-22(12-14-23)25(32)30-18-15-21(16-19-30)24(31)28-17-7-10-20-8-5-4-6-9-20/h4-6,8-9,11-14,21H,7,10,15-19H2,1-3H3,(H,28,31)(H,29,33). The van der Waals surface area contributed by atoms with Gasteiger partial charge in [0.25, 0.3) is 5.91 Å². The first kappa shape index (κ1) is 24.5. The summed E-state index contributed by atoms with van der Waals surface area (Å²) in [6, 6.07) is 17.3. The predicted molar refractivity (Wildman–Crippen MR) is 131 cm³/mol. The summed E-state index contributed by atoms with van der Waals surface area (Å²) in [4.78, 5) is 39.3. The van der Waals surface area contributed by atoms with Crippen LogP contribution in [0.4, 0.5) is 5.69 Å². The first-order valence-electron chi connectivity index (χ1n) is 11.8. The van der Waals surface area contributed by atoms with Crippen molar-refractivity contribution in [1.82, 2.24) is 10.2 Å². The highest BCUT2D eigenvalue weighted by Gasteiger charge is 2.28.